The first-order valence-corrected chi connectivity index (χ1v) is 2.75. The third-order valence-corrected chi connectivity index (χ3v) is 1.23. The summed E-state index contributed by atoms with van der Waals surface area (Å²) in [6.45, 7) is 0. The maximum absolute atomic E-state index is 10.7. The molecule has 2 rings (SSSR count). The van der Waals surface area contributed by atoms with E-state index in [2.05, 4.69) is 14.9 Å². The third-order valence-electron chi connectivity index (χ3n) is 1.23. The minimum atomic E-state index is -0.0804. The van der Waals surface area contributed by atoms with Crippen molar-refractivity contribution in [3.8, 4) is 5.75 Å². The molecule has 1 heterocycles. The molecule has 0 N–H and O–H groups in total. The molecule has 1 radical (unpaired) electrons. The molecule has 0 saturated heterocycles. The Morgan fingerprint density at radius 2 is 2.00 bits per heavy atom. The Bertz CT molecular complexity index is 355. The van der Waals surface area contributed by atoms with Crippen molar-refractivity contribution in [1.29, 1.82) is 0 Å². The fraction of sp³-hybridized carbons (Fsp3) is 0. The maximum Gasteiger partial charge on any atom is 0.181 e. The van der Waals surface area contributed by atoms with Crippen LogP contribution < -0.4 is 0 Å². The number of fused-ring (bicyclic) bond motifs is 1. The zero-order chi connectivity index (χ0) is 6.97. The molecular weight excluding hydrogens is 132 g/mol. The van der Waals surface area contributed by atoms with E-state index in [1.165, 1.54) is 12.1 Å². The van der Waals surface area contributed by atoms with Crippen molar-refractivity contribution in [2.24, 2.45) is 0 Å². The van der Waals surface area contributed by atoms with Crippen LogP contribution in [0, 0.1) is 0 Å². The molecule has 0 bridgehead atoms. The van der Waals surface area contributed by atoms with E-state index in [1.54, 1.807) is 6.07 Å². The maximum atomic E-state index is 10.7. The van der Waals surface area contributed by atoms with Crippen molar-refractivity contribution in [2.75, 3.05) is 0 Å². The van der Waals surface area contributed by atoms with Crippen LogP contribution in [0.1, 0.15) is 0 Å². The van der Waals surface area contributed by atoms with Crippen molar-refractivity contribution < 1.29 is 9.74 Å². The lowest BCUT2D eigenvalue weighted by molar-refractivity contribution is 0.315. The topological polar surface area (TPSA) is 58.8 Å². The van der Waals surface area contributed by atoms with Gasteiger partial charge in [0, 0.05) is 6.07 Å². The molecule has 4 nitrogen and oxygen atoms in total. The molecule has 1 aromatic heterocycles. The van der Waals surface area contributed by atoms with Crippen molar-refractivity contribution in [3.05, 3.63) is 18.2 Å². The van der Waals surface area contributed by atoms with Gasteiger partial charge in [0.05, 0.1) is 0 Å². The predicted octanol–water partition coefficient (Wildman–Crippen LogP) is 1.37. The summed E-state index contributed by atoms with van der Waals surface area (Å²) < 4.78 is 4.38. The third kappa shape index (κ3) is 0.621. The van der Waals surface area contributed by atoms with Gasteiger partial charge in [-0.1, -0.05) is 0 Å². The molecule has 1 aromatic carbocycles. The number of benzene rings is 1. The fourth-order valence-corrected chi connectivity index (χ4v) is 0.762. The highest BCUT2D eigenvalue weighted by molar-refractivity contribution is 5.74. The largest absolute Gasteiger partial charge is 0.290 e. The molecule has 0 fully saturated rings. The smallest absolute Gasteiger partial charge is 0.181 e. The highest BCUT2D eigenvalue weighted by Crippen LogP contribution is 2.15. The van der Waals surface area contributed by atoms with Crippen LogP contribution in [-0.4, -0.2) is 10.3 Å². The molecular formula is C6H3N2O2. The van der Waals surface area contributed by atoms with Crippen molar-refractivity contribution >= 4 is 11.0 Å². The Morgan fingerprint density at radius 3 is 2.90 bits per heavy atom. The normalized spacial score (nSPS) is 10.4. The summed E-state index contributed by atoms with van der Waals surface area (Å²) in [6.07, 6.45) is 0. The van der Waals surface area contributed by atoms with Gasteiger partial charge in [0.1, 0.15) is 11.0 Å². The van der Waals surface area contributed by atoms with Crippen molar-refractivity contribution in [3.63, 3.8) is 0 Å². The molecule has 0 amide bonds. The van der Waals surface area contributed by atoms with Crippen LogP contribution in [0.3, 0.4) is 0 Å². The summed E-state index contributed by atoms with van der Waals surface area (Å²) in [6, 6.07) is 4.38. The lowest BCUT2D eigenvalue weighted by Gasteiger charge is -1.81. The monoisotopic (exact) mass is 135 g/mol. The number of aromatic nitrogens is 2. The molecule has 49 valence electrons. The van der Waals surface area contributed by atoms with Crippen LogP contribution in [0.4, 0.5) is 0 Å². The SMILES string of the molecule is [O]c1ccc2nonc2c1. The van der Waals surface area contributed by atoms with E-state index < -0.39 is 0 Å². The molecule has 0 atom stereocenters. The summed E-state index contributed by atoms with van der Waals surface area (Å²) in [4.78, 5) is 0. The van der Waals surface area contributed by atoms with E-state index in [-0.39, 0.29) is 5.75 Å². The quantitative estimate of drug-likeness (QED) is 0.548. The molecule has 0 saturated carbocycles. The van der Waals surface area contributed by atoms with Gasteiger partial charge in [0.15, 0.2) is 5.75 Å². The van der Waals surface area contributed by atoms with Gasteiger partial charge >= 0.3 is 0 Å². The Morgan fingerprint density at radius 1 is 1.20 bits per heavy atom. The van der Waals surface area contributed by atoms with E-state index >= 15 is 0 Å². The predicted molar refractivity (Wildman–Crippen MR) is 31.9 cm³/mol. The van der Waals surface area contributed by atoms with Gasteiger partial charge in [-0.25, -0.2) is 4.63 Å². The van der Waals surface area contributed by atoms with E-state index in [0.29, 0.717) is 11.0 Å². The molecule has 4 heteroatoms. The zero-order valence-electron chi connectivity index (χ0n) is 4.94. The van der Waals surface area contributed by atoms with Crippen LogP contribution in [0.25, 0.3) is 11.0 Å². The van der Waals surface area contributed by atoms with Gasteiger partial charge in [-0.15, -0.1) is 0 Å². The first-order chi connectivity index (χ1) is 4.86. The van der Waals surface area contributed by atoms with Gasteiger partial charge < -0.3 is 0 Å². The van der Waals surface area contributed by atoms with Crippen LogP contribution in [-0.2, 0) is 5.11 Å². The van der Waals surface area contributed by atoms with E-state index in [9.17, 15) is 5.11 Å². The van der Waals surface area contributed by atoms with Gasteiger partial charge in [-0.05, 0) is 22.4 Å². The second kappa shape index (κ2) is 1.70. The Labute approximate surface area is 56.0 Å². The summed E-state index contributed by atoms with van der Waals surface area (Å²) in [7, 11) is 0. The van der Waals surface area contributed by atoms with Crippen LogP contribution in [0.15, 0.2) is 22.8 Å². The number of rotatable bonds is 0. The molecule has 0 aliphatic heterocycles. The van der Waals surface area contributed by atoms with Gasteiger partial charge in [-0.2, -0.15) is 0 Å². The minimum Gasteiger partial charge on any atom is -0.290 e. The highest BCUT2D eigenvalue weighted by Gasteiger charge is 1.99. The molecule has 10 heavy (non-hydrogen) atoms. The standard InChI is InChI=1S/C6H3N2O2/c9-4-1-2-5-6(3-4)8-10-7-5/h1-3H. The molecule has 0 unspecified atom stereocenters. The Hall–Kier alpha value is -1.58. The number of hydrogen-bond acceptors (Lipinski definition) is 3. The number of hydrogen-bond donors (Lipinski definition) is 0. The van der Waals surface area contributed by atoms with E-state index in [1.807, 2.05) is 0 Å². The second-order valence-electron chi connectivity index (χ2n) is 1.91. The molecule has 0 spiro atoms. The first-order valence-electron chi connectivity index (χ1n) is 2.75. The van der Waals surface area contributed by atoms with E-state index in [0.717, 1.165) is 0 Å². The highest BCUT2D eigenvalue weighted by atomic mass is 16.6. The average molecular weight is 135 g/mol. The summed E-state index contributed by atoms with van der Waals surface area (Å²) >= 11 is 0. The van der Waals surface area contributed by atoms with Gasteiger partial charge in [-0.3, -0.25) is 5.11 Å². The van der Waals surface area contributed by atoms with Crippen molar-refractivity contribution in [2.45, 2.75) is 0 Å². The molecule has 0 aliphatic rings. The summed E-state index contributed by atoms with van der Waals surface area (Å²) in [5.74, 6) is -0.0804. The van der Waals surface area contributed by atoms with Crippen LogP contribution in [0.2, 0.25) is 0 Å². The summed E-state index contributed by atoms with van der Waals surface area (Å²) in [5, 5.41) is 17.7. The average Bonchev–Trinajstić information content (AvgIpc) is 2.33. The fourth-order valence-electron chi connectivity index (χ4n) is 0.762. The molecule has 2 aromatic rings. The van der Waals surface area contributed by atoms with Crippen LogP contribution >= 0.6 is 0 Å². The Kier molecular flexibility index (Phi) is 0.887. The number of nitrogens with zero attached hydrogens (tertiary/aromatic N) is 2. The van der Waals surface area contributed by atoms with Crippen molar-refractivity contribution in [1.82, 2.24) is 10.3 Å². The lowest BCUT2D eigenvalue weighted by atomic mass is 10.3. The minimum absolute atomic E-state index is 0.0804. The van der Waals surface area contributed by atoms with Gasteiger partial charge in [0.25, 0.3) is 0 Å². The Balaban J connectivity index is 2.86. The lowest BCUT2D eigenvalue weighted by Crippen LogP contribution is -1.66. The van der Waals surface area contributed by atoms with Crippen LogP contribution in [0.5, 0.6) is 5.75 Å². The van der Waals surface area contributed by atoms with E-state index in [4.69, 9.17) is 0 Å². The molecule has 0 aliphatic carbocycles. The summed E-state index contributed by atoms with van der Waals surface area (Å²) in [5.41, 5.74) is 1.12. The first kappa shape index (κ1) is 5.22. The zero-order valence-corrected chi connectivity index (χ0v) is 4.94. The second-order valence-corrected chi connectivity index (χ2v) is 1.91. The van der Waals surface area contributed by atoms with Gasteiger partial charge in [0.2, 0.25) is 0 Å².